The Morgan fingerprint density at radius 2 is 1.85 bits per heavy atom. The van der Waals surface area contributed by atoms with Crippen LogP contribution in [-0.4, -0.2) is 18.0 Å². The van der Waals surface area contributed by atoms with E-state index in [1.54, 1.807) is 0 Å². The van der Waals surface area contributed by atoms with Gasteiger partial charge in [-0.3, -0.25) is 0 Å². The maximum atomic E-state index is 6.03. The molecule has 2 heteroatoms. The third-order valence-corrected chi connectivity index (χ3v) is 4.02. The fraction of sp³-hybridized carbons (Fsp3) is 1.00. The van der Waals surface area contributed by atoms with Crippen LogP contribution in [0.15, 0.2) is 0 Å². The Balaban J connectivity index is 1.81. The van der Waals surface area contributed by atoms with Gasteiger partial charge in [0.1, 0.15) is 0 Å². The molecule has 0 unspecified atom stereocenters. The van der Waals surface area contributed by atoms with Crippen LogP contribution in [0.2, 0.25) is 0 Å². The van der Waals surface area contributed by atoms with Gasteiger partial charge in [0.05, 0.1) is 12.2 Å². The molecule has 0 aromatic heterocycles. The van der Waals surface area contributed by atoms with Crippen LogP contribution < -0.4 is 0 Å². The van der Waals surface area contributed by atoms with E-state index >= 15 is 0 Å². The number of ether oxygens (including phenoxy) is 2. The highest BCUT2D eigenvalue weighted by molar-refractivity contribution is 5.03. The molecule has 3 aliphatic rings. The van der Waals surface area contributed by atoms with Gasteiger partial charge >= 0.3 is 0 Å². The van der Waals surface area contributed by atoms with Gasteiger partial charge in [-0.1, -0.05) is 0 Å². The van der Waals surface area contributed by atoms with E-state index in [2.05, 4.69) is 13.8 Å². The van der Waals surface area contributed by atoms with Crippen LogP contribution >= 0.6 is 0 Å². The lowest BCUT2D eigenvalue weighted by molar-refractivity contribution is -0.203. The highest BCUT2D eigenvalue weighted by Gasteiger charge is 2.60. The second kappa shape index (κ2) is 2.48. The summed E-state index contributed by atoms with van der Waals surface area (Å²) in [6.07, 6.45) is 5.75. The normalized spacial score (nSPS) is 52.2. The van der Waals surface area contributed by atoms with Crippen molar-refractivity contribution in [3.8, 4) is 0 Å². The summed E-state index contributed by atoms with van der Waals surface area (Å²) in [5.41, 5.74) is 0. The van der Waals surface area contributed by atoms with E-state index in [9.17, 15) is 0 Å². The molecule has 3 rings (SSSR count). The first-order valence-electron chi connectivity index (χ1n) is 5.57. The molecule has 2 nitrogen and oxygen atoms in total. The van der Waals surface area contributed by atoms with E-state index in [-0.39, 0.29) is 5.79 Å². The molecule has 2 aliphatic carbocycles. The van der Waals surface area contributed by atoms with Crippen molar-refractivity contribution in [2.24, 2.45) is 11.8 Å². The summed E-state index contributed by atoms with van der Waals surface area (Å²) in [5, 5.41) is 0. The molecule has 1 heterocycles. The molecule has 0 radical (unpaired) electrons. The van der Waals surface area contributed by atoms with Gasteiger partial charge in [0, 0.05) is 12.3 Å². The molecule has 4 atom stereocenters. The largest absolute Gasteiger partial charge is 0.344 e. The Morgan fingerprint density at radius 3 is 2.54 bits per heavy atom. The molecule has 0 N–H and O–H groups in total. The van der Waals surface area contributed by atoms with Gasteiger partial charge in [-0.25, -0.2) is 0 Å². The minimum absolute atomic E-state index is 0.151. The van der Waals surface area contributed by atoms with Crippen molar-refractivity contribution in [3.05, 3.63) is 0 Å². The van der Waals surface area contributed by atoms with E-state index in [0.29, 0.717) is 12.2 Å². The van der Waals surface area contributed by atoms with Crippen molar-refractivity contribution in [1.82, 2.24) is 0 Å². The standard InChI is InChI=1S/C11H18O2/c1-7-8(2)13-11(12-7)5-3-4-9-6-10(9)11/h7-10H,3-6H2,1-2H3/t7-,8-,9+,10-/m0/s1. The Labute approximate surface area is 79.6 Å². The van der Waals surface area contributed by atoms with E-state index in [0.717, 1.165) is 18.3 Å². The third kappa shape index (κ3) is 1.08. The molecule has 0 aromatic carbocycles. The van der Waals surface area contributed by atoms with Gasteiger partial charge in [0.15, 0.2) is 5.79 Å². The molecule has 74 valence electrons. The topological polar surface area (TPSA) is 18.5 Å². The lowest BCUT2D eigenvalue weighted by Gasteiger charge is -2.31. The van der Waals surface area contributed by atoms with Gasteiger partial charge in [0.2, 0.25) is 0 Å². The zero-order valence-electron chi connectivity index (χ0n) is 8.45. The minimum Gasteiger partial charge on any atom is -0.344 e. The molecule has 0 aromatic rings. The zero-order chi connectivity index (χ0) is 9.05. The highest BCUT2D eigenvalue weighted by Crippen LogP contribution is 2.59. The number of rotatable bonds is 0. The minimum atomic E-state index is -0.151. The molecule has 0 bridgehead atoms. The monoisotopic (exact) mass is 182 g/mol. The Hall–Kier alpha value is -0.0800. The Kier molecular flexibility index (Phi) is 1.58. The van der Waals surface area contributed by atoms with Crippen molar-refractivity contribution in [2.45, 2.75) is 57.5 Å². The van der Waals surface area contributed by atoms with Gasteiger partial charge in [-0.15, -0.1) is 0 Å². The van der Waals surface area contributed by atoms with E-state index in [1.165, 1.54) is 19.3 Å². The summed E-state index contributed by atoms with van der Waals surface area (Å²) in [6, 6.07) is 0. The lowest BCUT2D eigenvalue weighted by atomic mass is 9.94. The zero-order valence-corrected chi connectivity index (χ0v) is 8.45. The second-order valence-corrected chi connectivity index (χ2v) is 4.95. The van der Waals surface area contributed by atoms with Crippen molar-refractivity contribution < 1.29 is 9.47 Å². The highest BCUT2D eigenvalue weighted by atomic mass is 16.8. The second-order valence-electron chi connectivity index (χ2n) is 4.95. The Morgan fingerprint density at radius 1 is 1.15 bits per heavy atom. The smallest absolute Gasteiger partial charge is 0.172 e. The van der Waals surface area contributed by atoms with Gasteiger partial charge in [-0.2, -0.15) is 0 Å². The first-order valence-corrected chi connectivity index (χ1v) is 5.57. The molecule has 2 saturated carbocycles. The van der Waals surface area contributed by atoms with Crippen molar-refractivity contribution >= 4 is 0 Å². The van der Waals surface area contributed by atoms with Crippen LogP contribution in [-0.2, 0) is 9.47 Å². The molecule has 1 saturated heterocycles. The van der Waals surface area contributed by atoms with Crippen molar-refractivity contribution in [3.63, 3.8) is 0 Å². The molecule has 0 amide bonds. The molecular weight excluding hydrogens is 164 g/mol. The van der Waals surface area contributed by atoms with Crippen molar-refractivity contribution in [1.29, 1.82) is 0 Å². The van der Waals surface area contributed by atoms with E-state index in [1.807, 2.05) is 0 Å². The first kappa shape index (κ1) is 8.25. The van der Waals surface area contributed by atoms with Crippen LogP contribution in [0.3, 0.4) is 0 Å². The predicted molar refractivity (Wildman–Crippen MR) is 49.3 cm³/mol. The van der Waals surface area contributed by atoms with Crippen LogP contribution in [0.4, 0.5) is 0 Å². The average molecular weight is 182 g/mol. The fourth-order valence-electron chi connectivity index (χ4n) is 3.04. The average Bonchev–Trinajstić information content (AvgIpc) is 2.79. The SMILES string of the molecule is C[C@@H]1OC2(CCC[C@@H]3C[C@@H]32)O[C@H]1C. The van der Waals surface area contributed by atoms with Crippen LogP contribution in [0, 0.1) is 11.8 Å². The summed E-state index contributed by atoms with van der Waals surface area (Å²) < 4.78 is 12.1. The molecule has 1 aliphatic heterocycles. The third-order valence-electron chi connectivity index (χ3n) is 4.02. The number of hydrogen-bond donors (Lipinski definition) is 0. The van der Waals surface area contributed by atoms with Crippen LogP contribution in [0.5, 0.6) is 0 Å². The molecule has 13 heavy (non-hydrogen) atoms. The summed E-state index contributed by atoms with van der Waals surface area (Å²) in [4.78, 5) is 0. The molecule has 3 fully saturated rings. The number of fused-ring (bicyclic) bond motifs is 2. The van der Waals surface area contributed by atoms with E-state index < -0.39 is 0 Å². The van der Waals surface area contributed by atoms with Gasteiger partial charge < -0.3 is 9.47 Å². The maximum absolute atomic E-state index is 6.03. The lowest BCUT2D eigenvalue weighted by Crippen LogP contribution is -2.36. The van der Waals surface area contributed by atoms with Crippen LogP contribution in [0.25, 0.3) is 0 Å². The van der Waals surface area contributed by atoms with Gasteiger partial charge in [0.25, 0.3) is 0 Å². The molecule has 1 spiro atoms. The van der Waals surface area contributed by atoms with E-state index in [4.69, 9.17) is 9.47 Å². The summed E-state index contributed by atoms with van der Waals surface area (Å²) >= 11 is 0. The summed E-state index contributed by atoms with van der Waals surface area (Å²) in [6.45, 7) is 4.26. The maximum Gasteiger partial charge on any atom is 0.172 e. The van der Waals surface area contributed by atoms with Crippen molar-refractivity contribution in [2.75, 3.05) is 0 Å². The fourth-order valence-corrected chi connectivity index (χ4v) is 3.04. The quantitative estimate of drug-likeness (QED) is 0.572. The molecular formula is C11H18O2. The van der Waals surface area contributed by atoms with Gasteiger partial charge in [-0.05, 0) is 39.0 Å². The van der Waals surface area contributed by atoms with Crippen LogP contribution in [0.1, 0.15) is 39.5 Å². The summed E-state index contributed by atoms with van der Waals surface area (Å²) in [7, 11) is 0. The summed E-state index contributed by atoms with van der Waals surface area (Å²) in [5.74, 6) is 1.50. The Bertz CT molecular complexity index is 216. The predicted octanol–water partition coefficient (Wildman–Crippen LogP) is 2.33. The number of hydrogen-bond acceptors (Lipinski definition) is 2. The first-order chi connectivity index (χ1) is 6.21.